The number of piperazine rings is 1. The second-order valence-electron chi connectivity index (χ2n) is 8.31. The summed E-state index contributed by atoms with van der Waals surface area (Å²) in [5.74, 6) is 0.987. The Labute approximate surface area is 184 Å². The van der Waals surface area contributed by atoms with Crippen molar-refractivity contribution >= 4 is 26.7 Å². The molecular formula is C23H31N5O2S. The molecule has 8 heteroatoms. The first-order valence-electron chi connectivity index (χ1n) is 10.7. The molecule has 4 rings (SSSR count). The zero-order chi connectivity index (χ0) is 22.2. The lowest BCUT2D eigenvalue weighted by Gasteiger charge is -2.36. The molecule has 0 N–H and O–H groups in total. The minimum Gasteiger partial charge on any atom is -0.369 e. The molecule has 1 aromatic heterocycles. The van der Waals surface area contributed by atoms with E-state index in [-0.39, 0.29) is 4.90 Å². The van der Waals surface area contributed by atoms with E-state index < -0.39 is 10.0 Å². The van der Waals surface area contributed by atoms with E-state index in [1.54, 1.807) is 26.2 Å². The van der Waals surface area contributed by atoms with Crippen LogP contribution in [0.5, 0.6) is 0 Å². The van der Waals surface area contributed by atoms with Crippen LogP contribution in [0.25, 0.3) is 11.0 Å². The molecule has 0 saturated carbocycles. The molecule has 0 radical (unpaired) electrons. The van der Waals surface area contributed by atoms with Crippen molar-refractivity contribution in [3.05, 3.63) is 53.9 Å². The zero-order valence-electron chi connectivity index (χ0n) is 18.7. The average Bonchev–Trinajstić information content (AvgIpc) is 3.10. The minimum absolute atomic E-state index is 0.282. The predicted molar refractivity (Wildman–Crippen MR) is 125 cm³/mol. The van der Waals surface area contributed by atoms with Gasteiger partial charge in [0.15, 0.2) is 0 Å². The number of aryl methyl sites for hydroxylation is 2. The van der Waals surface area contributed by atoms with Gasteiger partial charge in [0.25, 0.3) is 0 Å². The zero-order valence-corrected chi connectivity index (χ0v) is 19.6. The molecule has 0 amide bonds. The molecule has 1 fully saturated rings. The first kappa shape index (κ1) is 21.8. The molecule has 0 atom stereocenters. The highest BCUT2D eigenvalue weighted by Gasteiger charge is 2.22. The van der Waals surface area contributed by atoms with Crippen molar-refractivity contribution < 1.29 is 8.42 Å². The largest absolute Gasteiger partial charge is 0.369 e. The Balaban J connectivity index is 1.52. The van der Waals surface area contributed by atoms with Gasteiger partial charge in [-0.15, -0.1) is 0 Å². The Morgan fingerprint density at radius 2 is 1.77 bits per heavy atom. The van der Waals surface area contributed by atoms with Crippen LogP contribution >= 0.6 is 0 Å². The van der Waals surface area contributed by atoms with Crippen molar-refractivity contribution in [2.45, 2.75) is 31.8 Å². The maximum absolute atomic E-state index is 12.5. The maximum atomic E-state index is 12.5. The van der Waals surface area contributed by atoms with E-state index >= 15 is 0 Å². The fourth-order valence-electron chi connectivity index (χ4n) is 4.19. The molecule has 0 unspecified atom stereocenters. The summed E-state index contributed by atoms with van der Waals surface area (Å²) in [5, 5.41) is 0. The minimum atomic E-state index is -3.47. The van der Waals surface area contributed by atoms with Gasteiger partial charge in [-0.3, -0.25) is 4.90 Å². The lowest BCUT2D eigenvalue weighted by molar-refractivity contribution is 0.241. The summed E-state index contributed by atoms with van der Waals surface area (Å²) >= 11 is 0. The molecule has 31 heavy (non-hydrogen) atoms. The highest BCUT2D eigenvalue weighted by atomic mass is 32.2. The molecule has 1 aliphatic rings. The van der Waals surface area contributed by atoms with Crippen LogP contribution in [0.1, 0.15) is 18.3 Å². The van der Waals surface area contributed by atoms with Gasteiger partial charge in [-0.25, -0.2) is 17.7 Å². The third-order valence-electron chi connectivity index (χ3n) is 6.00. The van der Waals surface area contributed by atoms with Crippen LogP contribution in [0.15, 0.2) is 47.4 Å². The summed E-state index contributed by atoms with van der Waals surface area (Å²) in [6.45, 7) is 9.72. The number of anilines is 1. The van der Waals surface area contributed by atoms with Crippen molar-refractivity contribution in [2.75, 3.05) is 45.2 Å². The molecule has 1 aliphatic heterocycles. The van der Waals surface area contributed by atoms with Crippen LogP contribution in [-0.2, 0) is 23.1 Å². The average molecular weight is 442 g/mol. The van der Waals surface area contributed by atoms with Crippen molar-refractivity contribution in [3.8, 4) is 0 Å². The quantitative estimate of drug-likeness (QED) is 0.589. The van der Waals surface area contributed by atoms with Gasteiger partial charge in [0.05, 0.1) is 22.5 Å². The molecule has 0 aliphatic carbocycles. The molecule has 2 aromatic carbocycles. The topological polar surface area (TPSA) is 61.7 Å². The highest BCUT2D eigenvalue weighted by molar-refractivity contribution is 7.89. The van der Waals surface area contributed by atoms with Crippen LogP contribution < -0.4 is 4.90 Å². The van der Waals surface area contributed by atoms with Gasteiger partial charge in [-0.05, 0) is 49.7 Å². The first-order chi connectivity index (χ1) is 14.8. The molecule has 0 spiro atoms. The third kappa shape index (κ3) is 4.33. The second-order valence-corrected chi connectivity index (χ2v) is 10.5. The summed E-state index contributed by atoms with van der Waals surface area (Å²) in [5.41, 5.74) is 4.29. The number of benzene rings is 2. The smallest absolute Gasteiger partial charge is 0.242 e. The molecule has 166 valence electrons. The van der Waals surface area contributed by atoms with E-state index in [0.717, 1.165) is 56.1 Å². The number of hydrogen-bond donors (Lipinski definition) is 0. The monoisotopic (exact) mass is 441 g/mol. The van der Waals surface area contributed by atoms with Gasteiger partial charge in [0.1, 0.15) is 5.82 Å². The number of hydrogen-bond acceptors (Lipinski definition) is 5. The van der Waals surface area contributed by atoms with E-state index in [0.29, 0.717) is 0 Å². The van der Waals surface area contributed by atoms with E-state index in [9.17, 15) is 8.42 Å². The van der Waals surface area contributed by atoms with E-state index in [1.165, 1.54) is 15.6 Å². The normalized spacial score (nSPS) is 15.8. The second kappa shape index (κ2) is 8.61. The Bertz CT molecular complexity index is 1180. The number of aromatic nitrogens is 2. The van der Waals surface area contributed by atoms with Crippen molar-refractivity contribution in [1.82, 2.24) is 18.8 Å². The number of imidazole rings is 1. The lowest BCUT2D eigenvalue weighted by atomic mass is 10.2. The fraction of sp³-hybridized carbons (Fsp3) is 0.435. The maximum Gasteiger partial charge on any atom is 0.242 e. The number of fused-ring (bicyclic) bond motifs is 1. The van der Waals surface area contributed by atoms with E-state index in [1.807, 2.05) is 6.07 Å². The number of sulfonamides is 1. The summed E-state index contributed by atoms with van der Waals surface area (Å²) in [4.78, 5) is 9.97. The number of rotatable bonds is 6. The van der Waals surface area contributed by atoms with Crippen LogP contribution in [0.3, 0.4) is 0 Å². The Morgan fingerprint density at radius 1 is 1.03 bits per heavy atom. The van der Waals surface area contributed by atoms with Crippen molar-refractivity contribution in [1.29, 1.82) is 0 Å². The van der Waals surface area contributed by atoms with Crippen molar-refractivity contribution in [3.63, 3.8) is 0 Å². The van der Waals surface area contributed by atoms with Crippen LogP contribution in [0.2, 0.25) is 0 Å². The summed E-state index contributed by atoms with van der Waals surface area (Å²) in [6, 6.07) is 13.9. The molecule has 3 aromatic rings. The third-order valence-corrected chi connectivity index (χ3v) is 7.81. The van der Waals surface area contributed by atoms with Gasteiger partial charge in [-0.1, -0.05) is 12.1 Å². The van der Waals surface area contributed by atoms with Gasteiger partial charge in [0, 0.05) is 52.5 Å². The van der Waals surface area contributed by atoms with E-state index in [4.69, 9.17) is 4.98 Å². The number of nitrogens with zero attached hydrogens (tertiary/aromatic N) is 5. The SMILES string of the molecule is CCn1c(CN2CCN(c3cccc(C)c3)CC2)nc2cc(S(=O)(=O)N(C)C)ccc21. The lowest BCUT2D eigenvalue weighted by Crippen LogP contribution is -2.46. The van der Waals surface area contributed by atoms with Crippen LogP contribution in [-0.4, -0.2) is 67.4 Å². The van der Waals surface area contributed by atoms with Crippen molar-refractivity contribution in [2.24, 2.45) is 0 Å². The van der Waals surface area contributed by atoms with E-state index in [2.05, 4.69) is 52.5 Å². The standard InChI is InChI=1S/C23H31N5O2S/c1-5-28-22-10-9-20(31(29,30)25(3)4)16-21(22)24-23(28)17-26-11-13-27(14-12-26)19-8-6-7-18(2)15-19/h6-10,15-16H,5,11-14,17H2,1-4H3. The molecule has 2 heterocycles. The Morgan fingerprint density at radius 3 is 2.42 bits per heavy atom. The van der Waals surface area contributed by atoms with Gasteiger partial charge >= 0.3 is 0 Å². The fourth-order valence-corrected chi connectivity index (χ4v) is 5.12. The van der Waals surface area contributed by atoms with Gasteiger partial charge < -0.3 is 9.47 Å². The summed E-state index contributed by atoms with van der Waals surface area (Å²) in [6.07, 6.45) is 0. The first-order valence-corrected chi connectivity index (χ1v) is 12.2. The Hall–Kier alpha value is -2.42. The predicted octanol–water partition coefficient (Wildman–Crippen LogP) is 2.94. The molecule has 0 bridgehead atoms. The Kier molecular flexibility index (Phi) is 6.05. The van der Waals surface area contributed by atoms with Gasteiger partial charge in [0.2, 0.25) is 10.0 Å². The van der Waals surface area contributed by atoms with Crippen LogP contribution in [0.4, 0.5) is 5.69 Å². The molecular weight excluding hydrogens is 410 g/mol. The highest BCUT2D eigenvalue weighted by Crippen LogP contribution is 2.24. The molecule has 1 saturated heterocycles. The van der Waals surface area contributed by atoms with Crippen LogP contribution in [0, 0.1) is 6.92 Å². The van der Waals surface area contributed by atoms with Gasteiger partial charge in [-0.2, -0.15) is 0 Å². The summed E-state index contributed by atoms with van der Waals surface area (Å²) in [7, 11) is -0.378. The summed E-state index contributed by atoms with van der Waals surface area (Å²) < 4.78 is 28.4. The molecule has 7 nitrogen and oxygen atoms in total.